The molecule has 7 nitrogen and oxygen atoms in total. The number of halogens is 3. The highest BCUT2D eigenvalue weighted by Gasteiger charge is 2.49. The number of rotatable bonds is 4. The number of nitrogens with one attached hydrogen (secondary N) is 1. The Bertz CT molecular complexity index is 785. The fourth-order valence-corrected chi connectivity index (χ4v) is 4.48. The van der Waals surface area contributed by atoms with Gasteiger partial charge in [-0.25, -0.2) is 0 Å². The van der Waals surface area contributed by atoms with Crippen molar-refractivity contribution in [3.8, 4) is 0 Å². The van der Waals surface area contributed by atoms with Gasteiger partial charge in [0.15, 0.2) is 5.69 Å². The van der Waals surface area contributed by atoms with E-state index in [1.165, 1.54) is 11.0 Å². The molecular weight excluding hydrogens is 401 g/mol. The van der Waals surface area contributed by atoms with Crippen molar-refractivity contribution < 1.29 is 27.3 Å². The topological polar surface area (TPSA) is 101 Å². The van der Waals surface area contributed by atoms with Crippen LogP contribution in [0.3, 0.4) is 0 Å². The van der Waals surface area contributed by atoms with E-state index < -0.39 is 30.6 Å². The van der Waals surface area contributed by atoms with Gasteiger partial charge in [-0.3, -0.25) is 9.59 Å². The van der Waals surface area contributed by atoms with E-state index in [4.69, 9.17) is 10.3 Å². The second-order valence-corrected chi connectivity index (χ2v) is 8.80. The van der Waals surface area contributed by atoms with Gasteiger partial charge in [-0.05, 0) is 44.9 Å². The average molecular weight is 428 g/mol. The van der Waals surface area contributed by atoms with E-state index in [2.05, 4.69) is 10.5 Å². The van der Waals surface area contributed by atoms with Crippen LogP contribution in [0.2, 0.25) is 0 Å². The Morgan fingerprint density at radius 2 is 1.83 bits per heavy atom. The smallest absolute Gasteiger partial charge is 0.360 e. The van der Waals surface area contributed by atoms with E-state index in [9.17, 15) is 22.8 Å². The van der Waals surface area contributed by atoms with Crippen molar-refractivity contribution in [3.05, 3.63) is 17.5 Å². The molecule has 166 valence electrons. The second-order valence-electron chi connectivity index (χ2n) is 8.80. The molecule has 1 aliphatic heterocycles. The van der Waals surface area contributed by atoms with Crippen molar-refractivity contribution in [1.29, 1.82) is 0 Å². The Morgan fingerprint density at radius 3 is 2.47 bits per heavy atom. The molecule has 2 heterocycles. The Hall–Kier alpha value is -2.10. The Kier molecular flexibility index (Phi) is 5.78. The van der Waals surface area contributed by atoms with Crippen LogP contribution in [0.4, 0.5) is 13.2 Å². The van der Waals surface area contributed by atoms with Crippen LogP contribution in [0, 0.1) is 11.8 Å². The minimum atomic E-state index is -4.53. The lowest BCUT2D eigenvalue weighted by molar-refractivity contribution is -0.194. The summed E-state index contributed by atoms with van der Waals surface area (Å²) < 4.78 is 46.4. The predicted molar refractivity (Wildman–Crippen MR) is 100 cm³/mol. The summed E-state index contributed by atoms with van der Waals surface area (Å²) in [6.07, 6.45) is 0.0949. The first-order chi connectivity index (χ1) is 14.2. The van der Waals surface area contributed by atoms with Gasteiger partial charge in [-0.15, -0.1) is 0 Å². The van der Waals surface area contributed by atoms with Crippen LogP contribution >= 0.6 is 0 Å². The third-order valence-electron chi connectivity index (χ3n) is 6.52. The lowest BCUT2D eigenvalue weighted by Gasteiger charge is -2.41. The number of amides is 2. The van der Waals surface area contributed by atoms with Crippen molar-refractivity contribution in [1.82, 2.24) is 15.4 Å². The number of likely N-dealkylation sites (tertiary alicyclic amines) is 1. The summed E-state index contributed by atoms with van der Waals surface area (Å²) in [6, 6.07) is 0.458. The number of carbonyl (C=O) groups excluding carboxylic acids is 2. The zero-order chi connectivity index (χ0) is 21.5. The number of piperidine rings is 1. The van der Waals surface area contributed by atoms with Gasteiger partial charge in [0.25, 0.3) is 5.91 Å². The Balaban J connectivity index is 1.40. The maximum atomic E-state index is 13.8. The molecule has 10 heteroatoms. The van der Waals surface area contributed by atoms with Gasteiger partial charge in [-0.2, -0.15) is 13.2 Å². The molecular formula is C20H27F3N4O3. The molecule has 2 saturated carbocycles. The number of carbonyl (C=O) groups is 2. The number of aromatic nitrogens is 1. The van der Waals surface area contributed by atoms with E-state index in [0.717, 1.165) is 12.8 Å². The number of hydrogen-bond acceptors (Lipinski definition) is 5. The number of hydrogen-bond donors (Lipinski definition) is 2. The first kappa shape index (κ1) is 21.1. The minimum Gasteiger partial charge on any atom is -0.360 e. The summed E-state index contributed by atoms with van der Waals surface area (Å²) in [7, 11) is 0. The Morgan fingerprint density at radius 1 is 1.13 bits per heavy atom. The summed E-state index contributed by atoms with van der Waals surface area (Å²) in [5.41, 5.74) is 5.86. The highest BCUT2D eigenvalue weighted by atomic mass is 19.4. The van der Waals surface area contributed by atoms with Gasteiger partial charge >= 0.3 is 6.18 Å². The standard InChI is InChI=1S/C20H27F3N4O3/c21-20(22,23)14-10-27(19(29)12-3-5-13(24)6-4-12)8-7-15(14)25-18(28)16-9-17(30-26-16)11-1-2-11/h9,11-15H,1-8,10,24H2,(H,25,28)/t12-,13-,14?,15?. The van der Waals surface area contributed by atoms with Gasteiger partial charge < -0.3 is 20.5 Å². The molecule has 0 spiro atoms. The normalized spacial score (nSPS) is 30.2. The summed E-state index contributed by atoms with van der Waals surface area (Å²) in [5.74, 6) is -2.14. The summed E-state index contributed by atoms with van der Waals surface area (Å²) in [6.45, 7) is -0.257. The third kappa shape index (κ3) is 4.63. The van der Waals surface area contributed by atoms with Crippen molar-refractivity contribution >= 4 is 11.8 Å². The summed E-state index contributed by atoms with van der Waals surface area (Å²) in [4.78, 5) is 26.5. The zero-order valence-corrected chi connectivity index (χ0v) is 16.7. The van der Waals surface area contributed by atoms with E-state index in [1.54, 1.807) is 0 Å². The molecule has 2 aliphatic carbocycles. The highest BCUT2D eigenvalue weighted by molar-refractivity contribution is 5.92. The minimum absolute atomic E-state index is 0.00475. The van der Waals surface area contributed by atoms with Gasteiger partial charge in [0.2, 0.25) is 5.91 Å². The van der Waals surface area contributed by atoms with Crippen molar-refractivity contribution in [2.75, 3.05) is 13.1 Å². The largest absolute Gasteiger partial charge is 0.395 e. The molecule has 2 amide bonds. The van der Waals surface area contributed by atoms with E-state index >= 15 is 0 Å². The summed E-state index contributed by atoms with van der Waals surface area (Å²) in [5, 5.41) is 6.17. The van der Waals surface area contributed by atoms with Crippen LogP contribution in [0.25, 0.3) is 0 Å². The molecule has 3 aliphatic rings. The molecule has 3 N–H and O–H groups in total. The van der Waals surface area contributed by atoms with Crippen molar-refractivity contribution in [3.63, 3.8) is 0 Å². The van der Waals surface area contributed by atoms with E-state index in [-0.39, 0.29) is 42.4 Å². The lowest BCUT2D eigenvalue weighted by Crippen LogP contribution is -2.57. The molecule has 2 atom stereocenters. The first-order valence-corrected chi connectivity index (χ1v) is 10.6. The molecule has 0 aromatic carbocycles. The van der Waals surface area contributed by atoms with Crippen LogP contribution in [0.1, 0.15) is 67.1 Å². The highest BCUT2D eigenvalue weighted by Crippen LogP contribution is 2.40. The fraction of sp³-hybridized carbons (Fsp3) is 0.750. The molecule has 30 heavy (non-hydrogen) atoms. The van der Waals surface area contributed by atoms with Gasteiger partial charge in [0.1, 0.15) is 5.76 Å². The molecule has 1 saturated heterocycles. The second kappa shape index (κ2) is 8.20. The average Bonchev–Trinajstić information content (AvgIpc) is 3.44. The maximum Gasteiger partial charge on any atom is 0.395 e. The molecule has 1 aromatic rings. The SMILES string of the molecule is N[C@H]1CC[C@H](C(=O)N2CCC(NC(=O)c3cc(C4CC4)on3)C(C(F)(F)F)C2)CC1. The molecule has 0 bridgehead atoms. The van der Waals surface area contributed by atoms with Crippen LogP contribution in [0.5, 0.6) is 0 Å². The zero-order valence-electron chi connectivity index (χ0n) is 16.7. The van der Waals surface area contributed by atoms with Gasteiger partial charge in [-0.1, -0.05) is 5.16 Å². The van der Waals surface area contributed by atoms with Gasteiger partial charge in [0.05, 0.1) is 5.92 Å². The molecule has 3 fully saturated rings. The van der Waals surface area contributed by atoms with Crippen molar-refractivity contribution in [2.24, 2.45) is 17.6 Å². The van der Waals surface area contributed by atoms with Crippen LogP contribution in [-0.4, -0.2) is 53.2 Å². The van der Waals surface area contributed by atoms with E-state index in [1.807, 2.05) is 0 Å². The first-order valence-electron chi connectivity index (χ1n) is 10.6. The lowest BCUT2D eigenvalue weighted by atomic mass is 9.84. The fourth-order valence-electron chi connectivity index (χ4n) is 4.48. The van der Waals surface area contributed by atoms with Crippen molar-refractivity contribution in [2.45, 2.75) is 69.1 Å². The number of nitrogens with two attached hydrogens (primary N) is 1. The molecule has 1 aromatic heterocycles. The monoisotopic (exact) mass is 428 g/mol. The number of alkyl halides is 3. The molecule has 2 unspecified atom stereocenters. The Labute approximate surface area is 172 Å². The maximum absolute atomic E-state index is 13.8. The van der Waals surface area contributed by atoms with Crippen LogP contribution in [-0.2, 0) is 4.79 Å². The van der Waals surface area contributed by atoms with E-state index in [0.29, 0.717) is 31.4 Å². The third-order valence-corrected chi connectivity index (χ3v) is 6.52. The van der Waals surface area contributed by atoms with Gasteiger partial charge in [0, 0.05) is 43.1 Å². The number of nitrogens with zero attached hydrogens (tertiary/aromatic N) is 2. The van der Waals surface area contributed by atoms with Crippen LogP contribution in [0.15, 0.2) is 10.6 Å². The quantitative estimate of drug-likeness (QED) is 0.768. The molecule has 4 rings (SSSR count). The van der Waals surface area contributed by atoms with Crippen LogP contribution < -0.4 is 11.1 Å². The molecule has 0 radical (unpaired) electrons. The summed E-state index contributed by atoms with van der Waals surface area (Å²) >= 11 is 0. The predicted octanol–water partition coefficient (Wildman–Crippen LogP) is 2.58.